The first-order valence-electron chi connectivity index (χ1n) is 4.36. The van der Waals surface area contributed by atoms with Crippen molar-refractivity contribution in [2.24, 2.45) is 0 Å². The van der Waals surface area contributed by atoms with Crippen LogP contribution in [0.1, 0.15) is 12.5 Å². The molecule has 0 fully saturated rings. The van der Waals surface area contributed by atoms with Crippen molar-refractivity contribution in [3.8, 4) is 0 Å². The number of nitrogens with two attached hydrogens (primary N) is 1. The first kappa shape index (κ1) is 10.5. The Kier molecular flexibility index (Phi) is 3.75. The molecule has 0 heterocycles. The summed E-state index contributed by atoms with van der Waals surface area (Å²) in [5.74, 6) is 0. The summed E-state index contributed by atoms with van der Waals surface area (Å²) in [5, 5.41) is 0. The van der Waals surface area contributed by atoms with E-state index in [4.69, 9.17) is 5.73 Å². The summed E-state index contributed by atoms with van der Waals surface area (Å²) < 4.78 is 1.13. The monoisotopic (exact) mass is 242 g/mol. The lowest BCUT2D eigenvalue weighted by Crippen LogP contribution is -2.17. The minimum Gasteiger partial charge on any atom is -0.399 e. The first-order chi connectivity index (χ1) is 6.13. The second kappa shape index (κ2) is 4.63. The highest BCUT2D eigenvalue weighted by molar-refractivity contribution is 9.10. The van der Waals surface area contributed by atoms with Gasteiger partial charge in [0.1, 0.15) is 0 Å². The normalized spacial score (nSPS) is 10.8. The van der Waals surface area contributed by atoms with Crippen LogP contribution in [0.25, 0.3) is 0 Å². The van der Waals surface area contributed by atoms with E-state index in [2.05, 4.69) is 34.8 Å². The average Bonchev–Trinajstić information content (AvgIpc) is 2.11. The van der Waals surface area contributed by atoms with Crippen LogP contribution >= 0.6 is 15.9 Å². The number of rotatable bonds is 3. The van der Waals surface area contributed by atoms with E-state index in [1.165, 1.54) is 5.56 Å². The van der Waals surface area contributed by atoms with Crippen LogP contribution < -0.4 is 5.73 Å². The van der Waals surface area contributed by atoms with Crippen LogP contribution in [0.2, 0.25) is 0 Å². The van der Waals surface area contributed by atoms with E-state index in [0.29, 0.717) is 0 Å². The van der Waals surface area contributed by atoms with E-state index in [1.807, 2.05) is 18.2 Å². The Hall–Kier alpha value is -0.540. The molecule has 0 radical (unpaired) electrons. The van der Waals surface area contributed by atoms with Gasteiger partial charge in [-0.2, -0.15) is 0 Å². The number of halogens is 1. The molecule has 0 aliphatic heterocycles. The summed E-state index contributed by atoms with van der Waals surface area (Å²) in [7, 11) is 2.09. The molecule has 0 unspecified atom stereocenters. The Labute approximate surface area is 87.9 Å². The van der Waals surface area contributed by atoms with Crippen molar-refractivity contribution in [2.75, 3.05) is 19.3 Å². The van der Waals surface area contributed by atoms with Gasteiger partial charge in [0.2, 0.25) is 0 Å². The van der Waals surface area contributed by atoms with E-state index in [0.717, 1.165) is 23.2 Å². The smallest absolute Gasteiger partial charge is 0.0318 e. The number of nitrogen functional groups attached to an aromatic ring is 1. The molecule has 0 aromatic heterocycles. The molecule has 0 atom stereocenters. The predicted octanol–water partition coefficient (Wildman–Crippen LogP) is 2.48. The van der Waals surface area contributed by atoms with Crippen molar-refractivity contribution in [1.82, 2.24) is 4.90 Å². The molecule has 0 amide bonds. The number of anilines is 1. The van der Waals surface area contributed by atoms with Crippen LogP contribution in [0.4, 0.5) is 5.69 Å². The van der Waals surface area contributed by atoms with E-state index in [1.54, 1.807) is 0 Å². The van der Waals surface area contributed by atoms with Gasteiger partial charge in [-0.25, -0.2) is 0 Å². The molecule has 3 heteroatoms. The van der Waals surface area contributed by atoms with Gasteiger partial charge in [-0.3, -0.25) is 0 Å². The van der Waals surface area contributed by atoms with Gasteiger partial charge in [0.15, 0.2) is 0 Å². The van der Waals surface area contributed by atoms with Crippen LogP contribution in [-0.4, -0.2) is 18.5 Å². The topological polar surface area (TPSA) is 29.3 Å². The first-order valence-corrected chi connectivity index (χ1v) is 5.15. The van der Waals surface area contributed by atoms with E-state index >= 15 is 0 Å². The van der Waals surface area contributed by atoms with Crippen LogP contribution in [0, 0.1) is 0 Å². The maximum Gasteiger partial charge on any atom is 0.0318 e. The third kappa shape index (κ3) is 3.01. The van der Waals surface area contributed by atoms with Crippen LogP contribution in [0.5, 0.6) is 0 Å². The fraction of sp³-hybridized carbons (Fsp3) is 0.400. The van der Waals surface area contributed by atoms with E-state index in [-0.39, 0.29) is 0 Å². The minimum atomic E-state index is 0.822. The van der Waals surface area contributed by atoms with Crippen molar-refractivity contribution < 1.29 is 0 Å². The zero-order valence-electron chi connectivity index (χ0n) is 8.05. The van der Waals surface area contributed by atoms with Gasteiger partial charge in [-0.05, 0) is 37.4 Å². The Morgan fingerprint density at radius 2 is 2.15 bits per heavy atom. The summed E-state index contributed by atoms with van der Waals surface area (Å²) in [4.78, 5) is 2.24. The molecule has 1 rings (SSSR count). The summed E-state index contributed by atoms with van der Waals surface area (Å²) in [6.07, 6.45) is 0. The molecule has 13 heavy (non-hydrogen) atoms. The molecule has 2 nitrogen and oxygen atoms in total. The molecular weight excluding hydrogens is 228 g/mol. The van der Waals surface area contributed by atoms with Crippen molar-refractivity contribution in [1.29, 1.82) is 0 Å². The SMILES string of the molecule is CCN(C)Cc1cc(N)ccc1Br. The number of benzene rings is 1. The second-order valence-corrected chi connectivity index (χ2v) is 4.04. The molecule has 0 aliphatic rings. The fourth-order valence-electron chi connectivity index (χ4n) is 1.12. The zero-order valence-corrected chi connectivity index (χ0v) is 9.63. The number of hydrogen-bond donors (Lipinski definition) is 1. The lowest BCUT2D eigenvalue weighted by molar-refractivity contribution is 0.345. The van der Waals surface area contributed by atoms with E-state index in [9.17, 15) is 0 Å². The summed E-state index contributed by atoms with van der Waals surface area (Å²) in [6, 6.07) is 5.91. The molecule has 0 spiro atoms. The average molecular weight is 243 g/mol. The molecule has 0 aliphatic carbocycles. The highest BCUT2D eigenvalue weighted by Crippen LogP contribution is 2.20. The molecule has 1 aromatic rings. The Morgan fingerprint density at radius 3 is 2.77 bits per heavy atom. The lowest BCUT2D eigenvalue weighted by Gasteiger charge is -2.15. The highest BCUT2D eigenvalue weighted by atomic mass is 79.9. The van der Waals surface area contributed by atoms with Crippen LogP contribution in [0.3, 0.4) is 0 Å². The van der Waals surface area contributed by atoms with Gasteiger partial charge in [-0.1, -0.05) is 22.9 Å². The molecule has 0 saturated carbocycles. The van der Waals surface area contributed by atoms with Crippen molar-refractivity contribution in [3.63, 3.8) is 0 Å². The maximum atomic E-state index is 5.71. The summed E-state index contributed by atoms with van der Waals surface area (Å²) in [6.45, 7) is 4.11. The summed E-state index contributed by atoms with van der Waals surface area (Å²) >= 11 is 3.51. The number of hydrogen-bond acceptors (Lipinski definition) is 2. The number of nitrogens with zero attached hydrogens (tertiary/aromatic N) is 1. The summed E-state index contributed by atoms with van der Waals surface area (Å²) in [5.41, 5.74) is 7.77. The molecule has 2 N–H and O–H groups in total. The van der Waals surface area contributed by atoms with Crippen molar-refractivity contribution in [3.05, 3.63) is 28.2 Å². The largest absolute Gasteiger partial charge is 0.399 e. The Bertz CT molecular complexity index is 286. The molecule has 0 saturated heterocycles. The van der Waals surface area contributed by atoms with Gasteiger partial charge in [0.25, 0.3) is 0 Å². The quantitative estimate of drug-likeness (QED) is 0.826. The van der Waals surface area contributed by atoms with Gasteiger partial charge in [0, 0.05) is 16.7 Å². The third-order valence-electron chi connectivity index (χ3n) is 2.05. The van der Waals surface area contributed by atoms with Crippen LogP contribution in [-0.2, 0) is 6.54 Å². The minimum absolute atomic E-state index is 0.822. The fourth-order valence-corrected chi connectivity index (χ4v) is 1.49. The van der Waals surface area contributed by atoms with Crippen LogP contribution in [0.15, 0.2) is 22.7 Å². The molecular formula is C10H15BrN2. The van der Waals surface area contributed by atoms with Gasteiger partial charge >= 0.3 is 0 Å². The van der Waals surface area contributed by atoms with Crippen molar-refractivity contribution >= 4 is 21.6 Å². The molecule has 0 bridgehead atoms. The Morgan fingerprint density at radius 1 is 1.46 bits per heavy atom. The van der Waals surface area contributed by atoms with Gasteiger partial charge in [0.05, 0.1) is 0 Å². The second-order valence-electron chi connectivity index (χ2n) is 3.18. The maximum absolute atomic E-state index is 5.71. The standard InChI is InChI=1S/C10H15BrN2/c1-3-13(2)7-8-6-9(12)4-5-10(8)11/h4-6H,3,7,12H2,1-2H3. The Balaban J connectivity index is 2.81. The van der Waals surface area contributed by atoms with Gasteiger partial charge < -0.3 is 10.6 Å². The zero-order chi connectivity index (χ0) is 9.84. The van der Waals surface area contributed by atoms with Crippen molar-refractivity contribution in [2.45, 2.75) is 13.5 Å². The highest BCUT2D eigenvalue weighted by Gasteiger charge is 2.02. The predicted molar refractivity (Wildman–Crippen MR) is 60.6 cm³/mol. The lowest BCUT2D eigenvalue weighted by atomic mass is 10.2. The molecule has 1 aromatic carbocycles. The molecule has 72 valence electrons. The third-order valence-corrected chi connectivity index (χ3v) is 2.82. The van der Waals surface area contributed by atoms with Gasteiger partial charge in [-0.15, -0.1) is 0 Å². The van der Waals surface area contributed by atoms with E-state index < -0.39 is 0 Å².